The summed E-state index contributed by atoms with van der Waals surface area (Å²) in [4.78, 5) is 34.2. The third-order valence-corrected chi connectivity index (χ3v) is 4.37. The number of aliphatic imine (C=N–C) groups is 1. The predicted octanol–water partition coefficient (Wildman–Crippen LogP) is 2.51. The molecule has 1 aliphatic heterocycles. The number of hydrogen-bond acceptors (Lipinski definition) is 5. The molecule has 1 atom stereocenters. The van der Waals surface area contributed by atoms with E-state index < -0.39 is 0 Å². The molecule has 7 nitrogen and oxygen atoms in total. The highest BCUT2D eigenvalue weighted by atomic mass is 35.5. The van der Waals surface area contributed by atoms with Crippen molar-refractivity contribution in [3.05, 3.63) is 58.4 Å². The number of aryl methyl sites for hydroxylation is 1. The van der Waals surface area contributed by atoms with Gasteiger partial charge in [-0.2, -0.15) is 0 Å². The number of carbonyl (C=O) groups excluding carboxylic acids is 2. The SMILES string of the molecule is Cc1cc(Cl)cnc1C(=O)Nc1cccc(C2CC(=O)N(C)C(N)=N2)c1. The lowest BCUT2D eigenvalue weighted by Crippen LogP contribution is -2.42. The molecule has 0 bridgehead atoms. The van der Waals surface area contributed by atoms with E-state index in [9.17, 15) is 9.59 Å². The van der Waals surface area contributed by atoms with Gasteiger partial charge in [-0.05, 0) is 36.2 Å². The fraction of sp³-hybridized carbons (Fsp3) is 0.222. The summed E-state index contributed by atoms with van der Waals surface area (Å²) in [7, 11) is 1.59. The van der Waals surface area contributed by atoms with Gasteiger partial charge in [0.15, 0.2) is 5.96 Å². The fourth-order valence-corrected chi connectivity index (χ4v) is 2.92. The van der Waals surface area contributed by atoms with Crippen LogP contribution in [0, 0.1) is 6.92 Å². The second kappa shape index (κ2) is 7.13. The van der Waals surface area contributed by atoms with Crippen LogP contribution in [0.3, 0.4) is 0 Å². The normalized spacial score (nSPS) is 17.0. The summed E-state index contributed by atoms with van der Waals surface area (Å²) in [5, 5.41) is 3.29. The maximum atomic E-state index is 12.5. The maximum Gasteiger partial charge on any atom is 0.274 e. The lowest BCUT2D eigenvalue weighted by Gasteiger charge is -2.25. The predicted molar refractivity (Wildman–Crippen MR) is 100 cm³/mol. The monoisotopic (exact) mass is 371 g/mol. The number of amides is 2. The van der Waals surface area contributed by atoms with Gasteiger partial charge < -0.3 is 11.1 Å². The van der Waals surface area contributed by atoms with E-state index in [0.29, 0.717) is 22.0 Å². The van der Waals surface area contributed by atoms with Gasteiger partial charge in [0, 0.05) is 18.9 Å². The Bertz CT molecular complexity index is 912. The molecule has 3 rings (SSSR count). The lowest BCUT2D eigenvalue weighted by atomic mass is 10.0. The summed E-state index contributed by atoms with van der Waals surface area (Å²) in [6.45, 7) is 1.77. The van der Waals surface area contributed by atoms with Gasteiger partial charge in [0.25, 0.3) is 5.91 Å². The van der Waals surface area contributed by atoms with Crippen molar-refractivity contribution in [3.8, 4) is 0 Å². The van der Waals surface area contributed by atoms with Crippen molar-refractivity contribution < 1.29 is 9.59 Å². The second-order valence-corrected chi connectivity index (χ2v) is 6.50. The van der Waals surface area contributed by atoms with Crippen molar-refractivity contribution in [2.75, 3.05) is 12.4 Å². The average Bonchev–Trinajstić information content (AvgIpc) is 2.59. The third kappa shape index (κ3) is 3.67. The Labute approximate surface area is 155 Å². The molecule has 0 fully saturated rings. The number of benzene rings is 1. The first-order chi connectivity index (χ1) is 12.3. The largest absolute Gasteiger partial charge is 0.369 e. The molecular formula is C18H18ClN5O2. The van der Waals surface area contributed by atoms with Crippen LogP contribution in [0.15, 0.2) is 41.5 Å². The van der Waals surface area contributed by atoms with Gasteiger partial charge in [0.1, 0.15) is 5.69 Å². The first kappa shape index (κ1) is 17.9. The summed E-state index contributed by atoms with van der Waals surface area (Å²) in [6.07, 6.45) is 1.66. The second-order valence-electron chi connectivity index (χ2n) is 6.06. The first-order valence-corrected chi connectivity index (χ1v) is 8.36. The quantitative estimate of drug-likeness (QED) is 0.865. The number of aromatic nitrogens is 1. The van der Waals surface area contributed by atoms with E-state index in [1.807, 2.05) is 6.07 Å². The molecule has 0 aliphatic carbocycles. The number of hydrogen-bond donors (Lipinski definition) is 2. The molecule has 0 saturated heterocycles. The van der Waals surface area contributed by atoms with Crippen molar-refractivity contribution in [1.29, 1.82) is 0 Å². The van der Waals surface area contributed by atoms with E-state index in [4.69, 9.17) is 17.3 Å². The summed E-state index contributed by atoms with van der Waals surface area (Å²) in [5.41, 5.74) is 8.16. The van der Waals surface area contributed by atoms with E-state index in [0.717, 1.165) is 5.56 Å². The van der Waals surface area contributed by atoms with Gasteiger partial charge in [-0.1, -0.05) is 23.7 Å². The Balaban J connectivity index is 1.82. The minimum absolute atomic E-state index is 0.0991. The zero-order chi connectivity index (χ0) is 18.8. The number of nitrogens with two attached hydrogens (primary N) is 1. The number of carbonyl (C=O) groups is 2. The highest BCUT2D eigenvalue weighted by Crippen LogP contribution is 2.27. The molecule has 0 saturated carbocycles. The van der Waals surface area contributed by atoms with Gasteiger partial charge in [-0.25, -0.2) is 9.98 Å². The van der Waals surface area contributed by atoms with Crippen LogP contribution in [-0.4, -0.2) is 34.7 Å². The summed E-state index contributed by atoms with van der Waals surface area (Å²) >= 11 is 5.87. The molecule has 1 aliphatic rings. The van der Waals surface area contributed by atoms with Crippen molar-refractivity contribution in [3.63, 3.8) is 0 Å². The Morgan fingerprint density at radius 1 is 1.38 bits per heavy atom. The zero-order valence-corrected chi connectivity index (χ0v) is 15.1. The van der Waals surface area contributed by atoms with E-state index >= 15 is 0 Å². The summed E-state index contributed by atoms with van der Waals surface area (Å²) < 4.78 is 0. The number of nitrogens with zero attached hydrogens (tertiary/aromatic N) is 3. The minimum Gasteiger partial charge on any atom is -0.369 e. The summed E-state index contributed by atoms with van der Waals surface area (Å²) in [5.74, 6) is -0.251. The first-order valence-electron chi connectivity index (χ1n) is 7.98. The fourth-order valence-electron chi connectivity index (χ4n) is 2.71. The van der Waals surface area contributed by atoms with Gasteiger partial charge in [0.05, 0.1) is 17.5 Å². The van der Waals surface area contributed by atoms with Crippen LogP contribution >= 0.6 is 11.6 Å². The summed E-state index contributed by atoms with van der Waals surface area (Å²) in [6, 6.07) is 8.50. The van der Waals surface area contributed by atoms with Gasteiger partial charge in [0.2, 0.25) is 5.91 Å². The molecule has 2 amide bonds. The van der Waals surface area contributed by atoms with Crippen LogP contribution in [0.5, 0.6) is 0 Å². The molecule has 1 aromatic heterocycles. The highest BCUT2D eigenvalue weighted by molar-refractivity contribution is 6.30. The lowest BCUT2D eigenvalue weighted by molar-refractivity contribution is -0.127. The minimum atomic E-state index is -0.369. The number of guanidine groups is 1. The van der Waals surface area contributed by atoms with Crippen LogP contribution in [0.4, 0.5) is 5.69 Å². The number of halogens is 1. The van der Waals surface area contributed by atoms with Gasteiger partial charge in [-0.3, -0.25) is 14.5 Å². The van der Waals surface area contributed by atoms with Crippen LogP contribution in [-0.2, 0) is 4.79 Å². The smallest absolute Gasteiger partial charge is 0.274 e. The van der Waals surface area contributed by atoms with E-state index in [-0.39, 0.29) is 30.2 Å². The number of rotatable bonds is 3. The molecule has 1 unspecified atom stereocenters. The molecule has 0 spiro atoms. The van der Waals surface area contributed by atoms with Crippen LogP contribution in [0.2, 0.25) is 5.02 Å². The Morgan fingerprint density at radius 2 is 2.15 bits per heavy atom. The molecular weight excluding hydrogens is 354 g/mol. The van der Waals surface area contributed by atoms with Crippen LogP contribution < -0.4 is 11.1 Å². The molecule has 2 heterocycles. The molecule has 3 N–H and O–H groups in total. The standard InChI is InChI=1S/C18H18ClN5O2/c1-10-6-12(19)9-21-16(10)17(26)22-13-5-3-4-11(7-13)14-8-15(25)24(2)18(20)23-14/h3-7,9,14H,8H2,1-2H3,(H2,20,23)(H,22,26). The zero-order valence-electron chi connectivity index (χ0n) is 14.4. The Hall–Kier alpha value is -2.93. The molecule has 134 valence electrons. The van der Waals surface area contributed by atoms with Crippen molar-refractivity contribution >= 4 is 35.1 Å². The Kier molecular flexibility index (Phi) is 4.90. The maximum absolute atomic E-state index is 12.5. The van der Waals surface area contributed by atoms with E-state index in [1.165, 1.54) is 11.1 Å². The van der Waals surface area contributed by atoms with Crippen molar-refractivity contribution in [2.45, 2.75) is 19.4 Å². The van der Waals surface area contributed by atoms with Crippen LogP contribution in [0.1, 0.15) is 34.1 Å². The van der Waals surface area contributed by atoms with Crippen LogP contribution in [0.25, 0.3) is 0 Å². The third-order valence-electron chi connectivity index (χ3n) is 4.16. The molecule has 26 heavy (non-hydrogen) atoms. The van der Waals surface area contributed by atoms with Gasteiger partial charge in [-0.15, -0.1) is 0 Å². The number of pyridine rings is 1. The average molecular weight is 372 g/mol. The topological polar surface area (TPSA) is 101 Å². The number of anilines is 1. The molecule has 2 aromatic rings. The van der Waals surface area contributed by atoms with Gasteiger partial charge >= 0.3 is 0 Å². The highest BCUT2D eigenvalue weighted by Gasteiger charge is 2.25. The van der Waals surface area contributed by atoms with E-state index in [1.54, 1.807) is 38.2 Å². The molecule has 1 aromatic carbocycles. The molecule has 8 heteroatoms. The Morgan fingerprint density at radius 3 is 2.85 bits per heavy atom. The molecule has 0 radical (unpaired) electrons. The number of nitrogens with one attached hydrogen (secondary N) is 1. The van der Waals surface area contributed by atoms with Crippen molar-refractivity contribution in [2.24, 2.45) is 10.7 Å². The van der Waals surface area contributed by atoms with E-state index in [2.05, 4.69) is 15.3 Å². The van der Waals surface area contributed by atoms with Crippen molar-refractivity contribution in [1.82, 2.24) is 9.88 Å².